The zero-order valence-electron chi connectivity index (χ0n) is 26.2. The van der Waals surface area contributed by atoms with Crippen LogP contribution in [0.3, 0.4) is 0 Å². The van der Waals surface area contributed by atoms with E-state index in [1.807, 2.05) is 13.8 Å². The van der Waals surface area contributed by atoms with Crippen molar-refractivity contribution >= 4 is 41.4 Å². The van der Waals surface area contributed by atoms with E-state index in [9.17, 15) is 24.0 Å². The van der Waals surface area contributed by atoms with Gasteiger partial charge in [-0.1, -0.05) is 25.5 Å². The molecule has 43 heavy (non-hydrogen) atoms. The highest BCUT2D eigenvalue weighted by molar-refractivity contribution is 8.00. The van der Waals surface area contributed by atoms with Crippen molar-refractivity contribution in [3.63, 3.8) is 0 Å². The predicted molar refractivity (Wildman–Crippen MR) is 158 cm³/mol. The fraction of sp³-hybridized carbons (Fsp3) is 0.767. The summed E-state index contributed by atoms with van der Waals surface area (Å²) in [7, 11) is 2.77. The van der Waals surface area contributed by atoms with Crippen LogP contribution in [0, 0.1) is 11.8 Å². The summed E-state index contributed by atoms with van der Waals surface area (Å²) >= 11 is 1.04. The van der Waals surface area contributed by atoms with Gasteiger partial charge in [-0.2, -0.15) is 0 Å². The maximum Gasteiger partial charge on any atom is 0.414 e. The Morgan fingerprint density at radius 1 is 1.09 bits per heavy atom. The summed E-state index contributed by atoms with van der Waals surface area (Å²) < 4.78 is 28.4. The number of hydrogen-bond donors (Lipinski definition) is 2. The number of thioether (sulfide) groups is 1. The molecule has 2 heterocycles. The van der Waals surface area contributed by atoms with Crippen LogP contribution >= 0.6 is 11.8 Å². The van der Waals surface area contributed by atoms with E-state index in [-0.39, 0.29) is 53.7 Å². The number of allylic oxidation sites excluding steroid dienone is 1. The van der Waals surface area contributed by atoms with Crippen molar-refractivity contribution in [2.45, 2.75) is 102 Å². The lowest BCUT2D eigenvalue weighted by Crippen LogP contribution is -2.56. The fourth-order valence-electron chi connectivity index (χ4n) is 5.76. The lowest BCUT2D eigenvalue weighted by Gasteiger charge is -2.42. The molecule has 3 fully saturated rings. The molecule has 0 aromatic heterocycles. The smallest absolute Gasteiger partial charge is 0.414 e. The highest BCUT2D eigenvalue weighted by Crippen LogP contribution is 2.59. The molecular weight excluding hydrogens is 580 g/mol. The van der Waals surface area contributed by atoms with E-state index in [1.165, 1.54) is 12.7 Å². The average molecular weight is 627 g/mol. The van der Waals surface area contributed by atoms with Crippen LogP contribution in [-0.4, -0.2) is 97.5 Å². The molecular formula is C30H46N2O10S. The Morgan fingerprint density at radius 3 is 2.37 bits per heavy atom. The molecule has 0 aromatic carbocycles. The van der Waals surface area contributed by atoms with Crippen molar-refractivity contribution in [1.29, 1.82) is 0 Å². The Kier molecular flexibility index (Phi) is 12.2. The van der Waals surface area contributed by atoms with Crippen molar-refractivity contribution < 1.29 is 47.7 Å². The minimum Gasteiger partial charge on any atom is -0.467 e. The Morgan fingerprint density at radius 2 is 1.79 bits per heavy atom. The molecule has 3 rings (SSSR count). The number of alkyl carbamates (subject to hydrolysis) is 1. The number of Topliss-reactive ketones (excluding diaryl/α,β-unsaturated/α-hetero) is 1. The van der Waals surface area contributed by atoms with Gasteiger partial charge in [0, 0.05) is 31.6 Å². The van der Waals surface area contributed by atoms with Crippen LogP contribution in [0.1, 0.15) is 66.7 Å². The zero-order valence-corrected chi connectivity index (χ0v) is 27.0. The first kappa shape index (κ1) is 35.0. The molecule has 1 saturated carbocycles. The Bertz CT molecular complexity index is 1090. The first-order valence-corrected chi connectivity index (χ1v) is 15.9. The molecule has 3 aliphatic rings. The number of ketones is 1. The molecule has 2 aliphatic heterocycles. The maximum atomic E-state index is 12.7. The largest absolute Gasteiger partial charge is 0.467 e. The average Bonchev–Trinajstić information content (AvgIpc) is 3.86. The van der Waals surface area contributed by atoms with Crippen LogP contribution < -0.4 is 10.6 Å². The lowest BCUT2D eigenvalue weighted by atomic mass is 9.68. The van der Waals surface area contributed by atoms with Crippen molar-refractivity contribution in [3.8, 4) is 0 Å². The van der Waals surface area contributed by atoms with Gasteiger partial charge in [0.2, 0.25) is 11.8 Å². The van der Waals surface area contributed by atoms with Gasteiger partial charge >= 0.3 is 12.1 Å². The van der Waals surface area contributed by atoms with E-state index >= 15 is 0 Å². The summed E-state index contributed by atoms with van der Waals surface area (Å²) in [6, 6.07) is -1.01. The third kappa shape index (κ3) is 9.26. The van der Waals surface area contributed by atoms with Crippen molar-refractivity contribution in [2.24, 2.45) is 11.8 Å². The highest BCUT2D eigenvalue weighted by atomic mass is 32.2. The summed E-state index contributed by atoms with van der Waals surface area (Å²) in [6.07, 6.45) is 2.17. The number of hydrogen-bond acceptors (Lipinski definition) is 11. The van der Waals surface area contributed by atoms with Crippen molar-refractivity contribution in [3.05, 3.63) is 11.6 Å². The summed E-state index contributed by atoms with van der Waals surface area (Å²) in [5.74, 6) is -2.28. The minimum atomic E-state index is -1.01. The summed E-state index contributed by atoms with van der Waals surface area (Å²) in [5.41, 5.74) is 0.361. The van der Waals surface area contributed by atoms with Gasteiger partial charge in [-0.3, -0.25) is 19.7 Å². The molecule has 13 heteroatoms. The summed E-state index contributed by atoms with van der Waals surface area (Å²) in [5, 5.41) is 4.78. The molecule has 1 unspecified atom stereocenters. The number of carbonyl (C=O) groups is 5. The molecule has 3 amide bonds. The summed E-state index contributed by atoms with van der Waals surface area (Å²) in [4.78, 5) is 61.4. The van der Waals surface area contributed by atoms with Gasteiger partial charge in [0.05, 0.1) is 31.5 Å². The second-order valence-electron chi connectivity index (χ2n) is 12.1. The number of ether oxygens (including phenoxy) is 5. The van der Waals surface area contributed by atoms with E-state index in [4.69, 9.17) is 23.7 Å². The topological polar surface area (TPSA) is 162 Å². The predicted octanol–water partition coefficient (Wildman–Crippen LogP) is 2.71. The Balaban J connectivity index is 1.49. The highest BCUT2D eigenvalue weighted by Gasteiger charge is 2.72. The SMILES string of the molecule is COC(=O)[C@H](CSCC(=O)NC(=O)O[C@@H]1CC[C@]2(CO2)[C@@H](C2(C)O[C@@H]2CC=C(C)C)[C@@H]1OC)NC(=O)CCC(=O)C(C)C. The quantitative estimate of drug-likeness (QED) is 0.156. The monoisotopic (exact) mass is 626 g/mol. The van der Waals surface area contributed by atoms with Crippen LogP contribution in [0.25, 0.3) is 0 Å². The van der Waals surface area contributed by atoms with Crippen molar-refractivity contribution in [2.75, 3.05) is 32.3 Å². The maximum absolute atomic E-state index is 12.7. The van der Waals surface area contributed by atoms with Gasteiger partial charge in [-0.05, 0) is 40.0 Å². The van der Waals surface area contributed by atoms with E-state index < -0.39 is 47.7 Å². The van der Waals surface area contributed by atoms with Crippen LogP contribution in [-0.2, 0) is 42.9 Å². The Labute approximate surface area is 257 Å². The zero-order chi connectivity index (χ0) is 31.9. The number of epoxide rings is 2. The molecule has 12 nitrogen and oxygen atoms in total. The number of nitrogens with one attached hydrogen (secondary N) is 2. The molecule has 242 valence electrons. The molecule has 0 radical (unpaired) electrons. The molecule has 2 N–H and O–H groups in total. The van der Waals surface area contributed by atoms with E-state index in [1.54, 1.807) is 21.0 Å². The molecule has 2 saturated heterocycles. The lowest BCUT2D eigenvalue weighted by molar-refractivity contribution is -0.144. The van der Waals surface area contributed by atoms with Crippen LogP contribution in [0.15, 0.2) is 11.6 Å². The van der Waals surface area contributed by atoms with Crippen LogP contribution in [0.2, 0.25) is 0 Å². The number of imide groups is 1. The Hall–Kier alpha value is -2.48. The summed E-state index contributed by atoms with van der Waals surface area (Å²) in [6.45, 7) is 10.2. The van der Waals surface area contributed by atoms with Crippen LogP contribution in [0.5, 0.6) is 0 Å². The molecule has 1 spiro atoms. The number of amides is 3. The third-order valence-electron chi connectivity index (χ3n) is 8.32. The first-order chi connectivity index (χ1) is 20.3. The number of esters is 1. The van der Waals surface area contributed by atoms with Crippen LogP contribution in [0.4, 0.5) is 4.79 Å². The normalized spacial score (nSPS) is 29.8. The van der Waals surface area contributed by atoms with Gasteiger partial charge in [0.15, 0.2) is 0 Å². The number of rotatable bonds is 15. The van der Waals surface area contributed by atoms with Crippen molar-refractivity contribution in [1.82, 2.24) is 10.6 Å². The van der Waals surface area contributed by atoms with E-state index in [0.717, 1.165) is 18.2 Å². The molecule has 0 bridgehead atoms. The van der Waals surface area contributed by atoms with E-state index in [2.05, 4.69) is 23.6 Å². The molecule has 1 aliphatic carbocycles. The second-order valence-corrected chi connectivity index (χ2v) is 13.2. The third-order valence-corrected chi connectivity index (χ3v) is 9.35. The fourth-order valence-corrected chi connectivity index (χ4v) is 6.59. The molecule has 7 atom stereocenters. The number of methoxy groups -OCH3 is 2. The van der Waals surface area contributed by atoms with Gasteiger partial charge < -0.3 is 29.0 Å². The standard InChI is InChI=1S/C30H46N2O10S/c1-17(2)8-10-22-29(5,42-22)26-25(38-6)21(12-13-30(26)16-40-30)41-28(37)32-24(35)15-43-14-19(27(36)39-7)31-23(34)11-9-20(33)18(3)4/h8,18-19,21-22,25-26H,9-16H2,1-7H3,(H,31,34)(H,32,35,37)/t19-,21+,22+,25+,26+,29?,30-/m0/s1. The van der Waals surface area contributed by atoms with Gasteiger partial charge in [0.25, 0.3) is 0 Å². The van der Waals surface area contributed by atoms with Gasteiger partial charge in [0.1, 0.15) is 35.2 Å². The van der Waals surface area contributed by atoms with Gasteiger partial charge in [-0.25, -0.2) is 9.59 Å². The van der Waals surface area contributed by atoms with E-state index in [0.29, 0.717) is 19.4 Å². The molecule has 0 aromatic rings. The first-order valence-electron chi connectivity index (χ1n) is 14.7. The second kappa shape index (κ2) is 15.0. The van der Waals surface area contributed by atoms with Gasteiger partial charge in [-0.15, -0.1) is 11.8 Å². The number of carbonyl (C=O) groups excluding carboxylic acids is 5. The minimum absolute atomic E-state index is 0.0124.